The maximum atomic E-state index is 12.6. The molecule has 1 N–H and O–H groups in total. The van der Waals surface area contributed by atoms with Gasteiger partial charge in [-0.05, 0) is 43.5 Å². The quantitative estimate of drug-likeness (QED) is 0.827. The van der Waals surface area contributed by atoms with E-state index in [4.69, 9.17) is 0 Å². The van der Waals surface area contributed by atoms with Crippen LogP contribution in [-0.4, -0.2) is 23.3 Å². The second kappa shape index (κ2) is 7.03. The molecule has 0 spiro atoms. The van der Waals surface area contributed by atoms with Crippen LogP contribution in [0.4, 0.5) is 10.8 Å². The van der Waals surface area contributed by atoms with Crippen molar-refractivity contribution in [3.63, 3.8) is 0 Å². The Kier molecular flexibility index (Phi) is 5.01. The molecule has 1 saturated heterocycles. The largest absolute Gasteiger partial charge is 0.321 e. The predicted molar refractivity (Wildman–Crippen MR) is 99.9 cm³/mol. The van der Waals surface area contributed by atoms with Crippen LogP contribution in [-0.2, 0) is 11.2 Å². The van der Waals surface area contributed by atoms with E-state index in [9.17, 15) is 9.59 Å². The smallest absolute Gasteiger partial charge is 0.267 e. The van der Waals surface area contributed by atoms with Gasteiger partial charge in [0.25, 0.3) is 5.91 Å². The maximum absolute atomic E-state index is 12.6. The number of nitrogens with zero attached hydrogens (tertiary/aromatic N) is 2. The Balaban J connectivity index is 1.84. The Morgan fingerprint density at radius 2 is 2.25 bits per heavy atom. The fraction of sp³-hybridized carbons (Fsp3) is 0.353. The Labute approximate surface area is 153 Å². The zero-order chi connectivity index (χ0) is 17.3. The molecule has 5 nitrogen and oxygen atoms in total. The van der Waals surface area contributed by atoms with E-state index >= 15 is 0 Å². The van der Waals surface area contributed by atoms with E-state index in [-0.39, 0.29) is 11.8 Å². The van der Waals surface area contributed by atoms with Crippen molar-refractivity contribution in [1.29, 1.82) is 0 Å². The molecule has 126 valence electrons. The summed E-state index contributed by atoms with van der Waals surface area (Å²) in [5, 5.41) is 3.55. The third-order valence-electron chi connectivity index (χ3n) is 3.95. The highest BCUT2D eigenvalue weighted by Crippen LogP contribution is 2.30. The van der Waals surface area contributed by atoms with Crippen molar-refractivity contribution in [1.82, 2.24) is 4.98 Å². The molecule has 1 aromatic heterocycles. The van der Waals surface area contributed by atoms with Gasteiger partial charge in [-0.1, -0.05) is 34.2 Å². The van der Waals surface area contributed by atoms with E-state index in [1.54, 1.807) is 4.90 Å². The van der Waals surface area contributed by atoms with E-state index in [1.807, 2.05) is 32.0 Å². The third-order valence-corrected chi connectivity index (χ3v) is 5.96. The molecule has 2 amide bonds. The molecule has 2 heterocycles. The number of halogens is 1. The zero-order valence-electron chi connectivity index (χ0n) is 13.6. The molecule has 7 heteroatoms. The summed E-state index contributed by atoms with van der Waals surface area (Å²) in [5.74, 6) is -0.0918. The van der Waals surface area contributed by atoms with Crippen LogP contribution in [0.2, 0.25) is 0 Å². The number of aromatic nitrogens is 1. The highest BCUT2D eigenvalue weighted by Gasteiger charge is 2.27. The van der Waals surface area contributed by atoms with Crippen molar-refractivity contribution in [2.75, 3.05) is 16.8 Å². The molecule has 1 fully saturated rings. The fourth-order valence-corrected chi connectivity index (χ4v) is 3.97. The molecule has 0 unspecified atom stereocenters. The average Bonchev–Trinajstić information content (AvgIpc) is 3.16. The van der Waals surface area contributed by atoms with Gasteiger partial charge in [0.05, 0.1) is 5.69 Å². The number of aryl methyl sites for hydroxylation is 2. The van der Waals surface area contributed by atoms with Gasteiger partial charge in [0.15, 0.2) is 5.13 Å². The van der Waals surface area contributed by atoms with Crippen molar-refractivity contribution in [3.05, 3.63) is 38.8 Å². The number of thiazole rings is 1. The fourth-order valence-electron chi connectivity index (χ4n) is 2.63. The molecule has 1 aliphatic rings. The van der Waals surface area contributed by atoms with Gasteiger partial charge in [0.2, 0.25) is 5.91 Å². The lowest BCUT2D eigenvalue weighted by molar-refractivity contribution is -0.117. The van der Waals surface area contributed by atoms with Gasteiger partial charge >= 0.3 is 0 Å². The first-order valence-electron chi connectivity index (χ1n) is 7.87. The summed E-state index contributed by atoms with van der Waals surface area (Å²) in [5.41, 5.74) is 2.53. The van der Waals surface area contributed by atoms with Crippen LogP contribution < -0.4 is 10.2 Å². The molecule has 0 radical (unpaired) electrons. The normalized spacial score (nSPS) is 14.3. The van der Waals surface area contributed by atoms with Gasteiger partial charge in [-0.3, -0.25) is 14.5 Å². The van der Waals surface area contributed by atoms with Gasteiger partial charge in [-0.15, -0.1) is 0 Å². The SMILES string of the molecule is CCc1nc(N2CCCC2=O)sc1C(=O)Nc1ccc(Br)c(C)c1. The van der Waals surface area contributed by atoms with Gasteiger partial charge < -0.3 is 5.32 Å². The number of anilines is 2. The minimum absolute atomic E-state index is 0.0851. The van der Waals surface area contributed by atoms with Crippen LogP contribution in [0.15, 0.2) is 22.7 Å². The van der Waals surface area contributed by atoms with Crippen LogP contribution in [0.5, 0.6) is 0 Å². The molecule has 0 bridgehead atoms. The topological polar surface area (TPSA) is 62.3 Å². The zero-order valence-corrected chi connectivity index (χ0v) is 16.0. The minimum atomic E-state index is -0.177. The Morgan fingerprint density at radius 3 is 2.88 bits per heavy atom. The highest BCUT2D eigenvalue weighted by molar-refractivity contribution is 9.10. The molecule has 1 aliphatic heterocycles. The van der Waals surface area contributed by atoms with E-state index in [0.29, 0.717) is 29.4 Å². The Hall–Kier alpha value is -1.73. The summed E-state index contributed by atoms with van der Waals surface area (Å²) >= 11 is 4.74. The van der Waals surface area contributed by atoms with E-state index in [1.165, 1.54) is 11.3 Å². The van der Waals surface area contributed by atoms with Crippen molar-refractivity contribution in [2.45, 2.75) is 33.1 Å². The molecule has 3 rings (SSSR count). The number of rotatable bonds is 4. The molecule has 1 aromatic carbocycles. The third kappa shape index (κ3) is 3.37. The first-order valence-corrected chi connectivity index (χ1v) is 9.48. The average molecular weight is 408 g/mol. The number of hydrogen-bond donors (Lipinski definition) is 1. The maximum Gasteiger partial charge on any atom is 0.267 e. The summed E-state index contributed by atoms with van der Waals surface area (Å²) in [6.07, 6.45) is 2.06. The van der Waals surface area contributed by atoms with Gasteiger partial charge in [0, 0.05) is 23.1 Å². The lowest BCUT2D eigenvalue weighted by Gasteiger charge is -2.10. The Bertz CT molecular complexity index is 803. The number of benzene rings is 1. The second-order valence-corrected chi connectivity index (χ2v) is 7.52. The van der Waals surface area contributed by atoms with Crippen LogP contribution in [0.3, 0.4) is 0 Å². The second-order valence-electron chi connectivity index (χ2n) is 5.69. The van der Waals surface area contributed by atoms with Crippen molar-refractivity contribution in [3.8, 4) is 0 Å². The van der Waals surface area contributed by atoms with Crippen molar-refractivity contribution in [2.24, 2.45) is 0 Å². The molecule has 0 aliphatic carbocycles. The number of carbonyl (C=O) groups is 2. The number of nitrogens with one attached hydrogen (secondary N) is 1. The van der Waals surface area contributed by atoms with E-state index < -0.39 is 0 Å². The summed E-state index contributed by atoms with van der Waals surface area (Å²) in [4.78, 5) is 31.3. The lowest BCUT2D eigenvalue weighted by atomic mass is 10.2. The first kappa shape index (κ1) is 17.1. The summed E-state index contributed by atoms with van der Waals surface area (Å²) in [6.45, 7) is 4.62. The summed E-state index contributed by atoms with van der Waals surface area (Å²) in [6, 6.07) is 5.68. The van der Waals surface area contributed by atoms with Crippen LogP contribution in [0.25, 0.3) is 0 Å². The molecular formula is C17H18BrN3O2S. The number of carbonyl (C=O) groups excluding carboxylic acids is 2. The predicted octanol–water partition coefficient (Wildman–Crippen LogP) is 4.16. The molecular weight excluding hydrogens is 390 g/mol. The monoisotopic (exact) mass is 407 g/mol. The van der Waals surface area contributed by atoms with Gasteiger partial charge in [-0.25, -0.2) is 4.98 Å². The van der Waals surface area contributed by atoms with E-state index in [0.717, 1.165) is 27.8 Å². The Morgan fingerprint density at radius 1 is 1.46 bits per heavy atom. The van der Waals surface area contributed by atoms with Crippen molar-refractivity contribution >= 4 is 49.9 Å². The van der Waals surface area contributed by atoms with Crippen LogP contribution >= 0.6 is 27.3 Å². The molecule has 24 heavy (non-hydrogen) atoms. The van der Waals surface area contributed by atoms with Crippen LogP contribution in [0, 0.1) is 6.92 Å². The standard InChI is InChI=1S/C17H18BrN3O2S/c1-3-13-15(24-17(20-13)21-8-4-5-14(21)22)16(23)19-11-6-7-12(18)10(2)9-11/h6-7,9H,3-5,8H2,1-2H3,(H,19,23). The molecule has 0 atom stereocenters. The van der Waals surface area contributed by atoms with Gasteiger partial charge in [-0.2, -0.15) is 0 Å². The van der Waals surface area contributed by atoms with Crippen molar-refractivity contribution < 1.29 is 9.59 Å². The van der Waals surface area contributed by atoms with Gasteiger partial charge in [0.1, 0.15) is 4.88 Å². The van der Waals surface area contributed by atoms with Crippen LogP contribution in [0.1, 0.15) is 40.7 Å². The lowest BCUT2D eigenvalue weighted by Crippen LogP contribution is -2.23. The highest BCUT2D eigenvalue weighted by atomic mass is 79.9. The number of amides is 2. The minimum Gasteiger partial charge on any atom is -0.321 e. The first-order chi connectivity index (χ1) is 11.5. The van der Waals surface area contributed by atoms with E-state index in [2.05, 4.69) is 26.2 Å². The molecule has 2 aromatic rings. The summed E-state index contributed by atoms with van der Waals surface area (Å²) < 4.78 is 1.00. The molecule has 0 saturated carbocycles. The summed E-state index contributed by atoms with van der Waals surface area (Å²) in [7, 11) is 0. The number of hydrogen-bond acceptors (Lipinski definition) is 4.